The monoisotopic (exact) mass is 354 g/mol. The normalized spacial score (nSPS) is 19.3. The molecule has 0 unspecified atom stereocenters. The van der Waals surface area contributed by atoms with Crippen molar-refractivity contribution in [2.24, 2.45) is 21.5 Å². The molecule has 1 aliphatic heterocycles. The molecule has 2 aromatic rings. The number of rotatable bonds is 2. The lowest BCUT2D eigenvalue weighted by molar-refractivity contribution is 0.0603. The van der Waals surface area contributed by atoms with E-state index in [1.807, 2.05) is 23.1 Å². The van der Waals surface area contributed by atoms with Crippen molar-refractivity contribution >= 4 is 34.5 Å². The van der Waals surface area contributed by atoms with E-state index in [1.165, 1.54) is 13.5 Å². The van der Waals surface area contributed by atoms with E-state index in [0.717, 1.165) is 42.3 Å². The van der Waals surface area contributed by atoms with E-state index < -0.39 is 5.66 Å². The summed E-state index contributed by atoms with van der Waals surface area (Å²) < 4.78 is 4.83. The molecule has 2 aliphatic rings. The molecule has 1 aliphatic carbocycles. The van der Waals surface area contributed by atoms with Gasteiger partial charge in [0, 0.05) is 22.8 Å². The first-order valence-corrected chi connectivity index (χ1v) is 8.73. The van der Waals surface area contributed by atoms with Crippen LogP contribution < -0.4 is 16.4 Å². The zero-order valence-corrected chi connectivity index (χ0v) is 14.7. The van der Waals surface area contributed by atoms with Gasteiger partial charge in [0.05, 0.1) is 12.7 Å². The number of esters is 1. The highest BCUT2D eigenvalue weighted by atomic mass is 16.5. The van der Waals surface area contributed by atoms with Gasteiger partial charge in [-0.05, 0) is 43.9 Å². The van der Waals surface area contributed by atoms with Crippen LogP contribution in [0.3, 0.4) is 0 Å². The van der Waals surface area contributed by atoms with Crippen molar-refractivity contribution < 1.29 is 9.53 Å². The fourth-order valence-electron chi connectivity index (χ4n) is 4.03. The SMILES string of the molecule is COC(=O)c1c[nH]c2cc(N3C(N)=NC(N)=NC34CCCCC4)ccc12. The highest BCUT2D eigenvalue weighted by Gasteiger charge is 2.42. The summed E-state index contributed by atoms with van der Waals surface area (Å²) in [4.78, 5) is 25.8. The first kappa shape index (κ1) is 16.4. The van der Waals surface area contributed by atoms with Gasteiger partial charge in [-0.15, -0.1) is 0 Å². The number of carbonyl (C=O) groups is 1. The van der Waals surface area contributed by atoms with E-state index in [1.54, 1.807) is 6.20 Å². The maximum Gasteiger partial charge on any atom is 0.340 e. The summed E-state index contributed by atoms with van der Waals surface area (Å²) >= 11 is 0. The number of hydrogen-bond donors (Lipinski definition) is 3. The van der Waals surface area contributed by atoms with Crippen molar-refractivity contribution in [1.82, 2.24) is 4.98 Å². The topological polar surface area (TPSA) is 122 Å². The van der Waals surface area contributed by atoms with Gasteiger partial charge >= 0.3 is 5.97 Å². The van der Waals surface area contributed by atoms with Crippen molar-refractivity contribution in [3.05, 3.63) is 30.0 Å². The minimum Gasteiger partial charge on any atom is -0.465 e. The molecule has 0 atom stereocenters. The molecule has 8 nitrogen and oxygen atoms in total. The van der Waals surface area contributed by atoms with Gasteiger partial charge in [0.15, 0.2) is 0 Å². The molecular weight excluding hydrogens is 332 g/mol. The second-order valence-corrected chi connectivity index (χ2v) is 6.74. The van der Waals surface area contributed by atoms with Crippen molar-refractivity contribution in [3.63, 3.8) is 0 Å². The Bertz CT molecular complexity index is 923. The number of nitrogens with two attached hydrogens (primary N) is 2. The van der Waals surface area contributed by atoms with Gasteiger partial charge in [0.1, 0.15) is 5.66 Å². The number of H-pyrrole nitrogens is 1. The van der Waals surface area contributed by atoms with E-state index in [9.17, 15) is 4.79 Å². The van der Waals surface area contributed by atoms with E-state index in [-0.39, 0.29) is 11.9 Å². The minimum absolute atomic E-state index is 0.231. The van der Waals surface area contributed by atoms with Crippen LogP contribution in [0.4, 0.5) is 5.69 Å². The van der Waals surface area contributed by atoms with Gasteiger partial charge in [-0.1, -0.05) is 6.42 Å². The molecule has 0 saturated heterocycles. The zero-order chi connectivity index (χ0) is 18.3. The summed E-state index contributed by atoms with van der Waals surface area (Å²) in [5.41, 5.74) is 13.9. The number of aromatic nitrogens is 1. The number of ether oxygens (including phenoxy) is 1. The molecule has 4 rings (SSSR count). The number of benzene rings is 1. The number of fused-ring (bicyclic) bond motifs is 1. The number of hydrogen-bond acceptors (Lipinski definition) is 7. The van der Waals surface area contributed by atoms with Crippen LogP contribution in [0.1, 0.15) is 42.5 Å². The molecule has 136 valence electrons. The van der Waals surface area contributed by atoms with Crippen LogP contribution in [-0.4, -0.2) is 35.6 Å². The van der Waals surface area contributed by atoms with Crippen molar-refractivity contribution in [3.8, 4) is 0 Å². The molecule has 8 heteroatoms. The Kier molecular flexibility index (Phi) is 3.82. The standard InChI is InChI=1S/C18H22N6O2/c1-26-15(25)13-10-21-14-9-11(5-6-12(13)14)24-17(20)22-16(19)23-18(24)7-3-2-4-8-18/h5-6,9-10,21H,2-4,7-8H2,1H3,(H4,19,20,22,23). The maximum atomic E-state index is 11.9. The van der Waals surface area contributed by atoms with Crippen LogP contribution in [0, 0.1) is 0 Å². The van der Waals surface area contributed by atoms with Gasteiger partial charge in [-0.2, -0.15) is 4.99 Å². The van der Waals surface area contributed by atoms with E-state index in [0.29, 0.717) is 11.5 Å². The lowest BCUT2D eigenvalue weighted by Crippen LogP contribution is -2.58. The quantitative estimate of drug-likeness (QED) is 0.713. The highest BCUT2D eigenvalue weighted by molar-refractivity contribution is 6.08. The molecule has 1 aromatic carbocycles. The third kappa shape index (κ3) is 2.49. The minimum atomic E-state index is -0.486. The van der Waals surface area contributed by atoms with Gasteiger partial charge < -0.3 is 21.2 Å². The second-order valence-electron chi connectivity index (χ2n) is 6.74. The molecule has 2 heterocycles. The van der Waals surface area contributed by atoms with Crippen LogP contribution in [0.5, 0.6) is 0 Å². The Morgan fingerprint density at radius 2 is 2.04 bits per heavy atom. The summed E-state index contributed by atoms with van der Waals surface area (Å²) in [6.45, 7) is 0. The predicted molar refractivity (Wildman–Crippen MR) is 101 cm³/mol. The molecule has 0 amide bonds. The van der Waals surface area contributed by atoms with E-state index in [2.05, 4.69) is 15.0 Å². The Hall–Kier alpha value is -3.03. The van der Waals surface area contributed by atoms with Gasteiger partial charge in [0.2, 0.25) is 11.9 Å². The van der Waals surface area contributed by atoms with Crippen LogP contribution >= 0.6 is 0 Å². The van der Waals surface area contributed by atoms with Crippen molar-refractivity contribution in [1.29, 1.82) is 0 Å². The Balaban J connectivity index is 1.80. The van der Waals surface area contributed by atoms with Crippen LogP contribution in [0.2, 0.25) is 0 Å². The van der Waals surface area contributed by atoms with E-state index in [4.69, 9.17) is 16.2 Å². The molecule has 0 bridgehead atoms. The predicted octanol–water partition coefficient (Wildman–Crippen LogP) is 2.06. The number of nitrogens with one attached hydrogen (secondary N) is 1. The average molecular weight is 354 g/mol. The maximum absolute atomic E-state index is 11.9. The number of guanidine groups is 2. The Morgan fingerprint density at radius 3 is 2.77 bits per heavy atom. The average Bonchev–Trinajstić information content (AvgIpc) is 3.04. The number of aliphatic imine (C=N–C) groups is 2. The molecule has 1 spiro atoms. The van der Waals surface area contributed by atoms with Gasteiger partial charge in [-0.3, -0.25) is 4.90 Å². The van der Waals surface area contributed by atoms with Crippen LogP contribution in [0.25, 0.3) is 10.9 Å². The van der Waals surface area contributed by atoms with Gasteiger partial charge in [-0.25, -0.2) is 9.79 Å². The molecule has 1 aromatic heterocycles. The summed E-state index contributed by atoms with van der Waals surface area (Å²) in [5.74, 6) is 0.206. The largest absolute Gasteiger partial charge is 0.465 e. The second kappa shape index (κ2) is 6.05. The highest BCUT2D eigenvalue weighted by Crippen LogP contribution is 2.40. The molecule has 26 heavy (non-hydrogen) atoms. The lowest BCUT2D eigenvalue weighted by Gasteiger charge is -2.45. The summed E-state index contributed by atoms with van der Waals surface area (Å²) in [5, 5.41) is 0.800. The zero-order valence-electron chi connectivity index (χ0n) is 14.7. The number of methoxy groups -OCH3 is 1. The van der Waals surface area contributed by atoms with Crippen LogP contribution in [0.15, 0.2) is 34.4 Å². The van der Waals surface area contributed by atoms with Gasteiger partial charge in [0.25, 0.3) is 0 Å². The fraction of sp³-hybridized carbons (Fsp3) is 0.389. The van der Waals surface area contributed by atoms with E-state index >= 15 is 0 Å². The smallest absolute Gasteiger partial charge is 0.340 e. The number of nitrogens with zero attached hydrogens (tertiary/aromatic N) is 3. The number of anilines is 1. The molecule has 5 N–H and O–H groups in total. The fourth-order valence-corrected chi connectivity index (χ4v) is 4.03. The van der Waals surface area contributed by atoms with Crippen LogP contribution in [-0.2, 0) is 4.74 Å². The first-order chi connectivity index (χ1) is 12.5. The summed E-state index contributed by atoms with van der Waals surface area (Å²) in [6.07, 6.45) is 6.72. The Morgan fingerprint density at radius 1 is 1.27 bits per heavy atom. The molecular formula is C18H22N6O2. The first-order valence-electron chi connectivity index (χ1n) is 8.73. The van der Waals surface area contributed by atoms with Crippen molar-refractivity contribution in [2.45, 2.75) is 37.8 Å². The molecule has 0 radical (unpaired) electrons. The summed E-state index contributed by atoms with van der Waals surface area (Å²) in [7, 11) is 1.37. The lowest BCUT2D eigenvalue weighted by atomic mass is 9.87. The Labute approximate surface area is 150 Å². The van der Waals surface area contributed by atoms with Crippen molar-refractivity contribution in [2.75, 3.05) is 12.0 Å². The summed E-state index contributed by atoms with van der Waals surface area (Å²) in [6, 6.07) is 5.77. The third-order valence-corrected chi connectivity index (χ3v) is 5.18. The number of aromatic amines is 1. The molecule has 1 saturated carbocycles. The number of carbonyl (C=O) groups excluding carboxylic acids is 1. The third-order valence-electron chi connectivity index (χ3n) is 5.18. The molecule has 1 fully saturated rings.